The molecule has 8 nitrogen and oxygen atoms in total. The van der Waals surface area contributed by atoms with Gasteiger partial charge in [-0.2, -0.15) is 9.97 Å². The first-order valence-corrected chi connectivity index (χ1v) is 9.94. The predicted octanol–water partition coefficient (Wildman–Crippen LogP) is 3.71. The first-order valence-electron chi connectivity index (χ1n) is 9.94. The number of aromatic nitrogens is 4. The van der Waals surface area contributed by atoms with Gasteiger partial charge in [0.05, 0.1) is 24.9 Å². The molecule has 3 N–H and O–H groups in total. The molecule has 3 aromatic rings. The Morgan fingerprint density at radius 1 is 1.19 bits per heavy atom. The van der Waals surface area contributed by atoms with E-state index in [0.29, 0.717) is 17.6 Å². The number of anilines is 4. The van der Waals surface area contributed by atoms with Gasteiger partial charge in [0.2, 0.25) is 5.95 Å². The second-order valence-electron chi connectivity index (χ2n) is 7.24. The molecule has 0 unspecified atom stereocenters. The zero-order valence-electron chi connectivity index (χ0n) is 17.1. The van der Waals surface area contributed by atoms with Crippen LogP contribution in [0.2, 0.25) is 0 Å². The highest BCUT2D eigenvalue weighted by Gasteiger charge is 2.26. The Hall–Kier alpha value is -3.04. The minimum atomic E-state index is -0.274. The van der Waals surface area contributed by atoms with E-state index in [2.05, 4.69) is 35.5 Å². The summed E-state index contributed by atoms with van der Waals surface area (Å²) >= 11 is 0. The third kappa shape index (κ3) is 5.56. The predicted molar refractivity (Wildman–Crippen MR) is 120 cm³/mol. The third-order valence-electron chi connectivity index (χ3n) is 5.13. The van der Waals surface area contributed by atoms with E-state index in [-0.39, 0.29) is 36.9 Å². The van der Waals surface area contributed by atoms with Crippen molar-refractivity contribution in [2.24, 2.45) is 0 Å². The number of hydrogen-bond acceptors (Lipinski definition) is 8. The number of nitrogens with zero attached hydrogens (tertiary/aromatic N) is 5. The average Bonchev–Trinajstić information content (AvgIpc) is 3.24. The van der Waals surface area contributed by atoms with Gasteiger partial charge in [-0.1, -0.05) is 12.1 Å². The Bertz CT molecular complexity index is 977. The maximum absolute atomic E-state index is 13.2. The van der Waals surface area contributed by atoms with Crippen LogP contribution in [-0.2, 0) is 0 Å². The second kappa shape index (κ2) is 10.3. The highest BCUT2D eigenvalue weighted by atomic mass is 35.5. The summed E-state index contributed by atoms with van der Waals surface area (Å²) in [5.74, 6) is 2.02. The quantitative estimate of drug-likeness (QED) is 0.506. The molecule has 2 atom stereocenters. The van der Waals surface area contributed by atoms with Crippen molar-refractivity contribution in [3.63, 3.8) is 0 Å². The molecule has 2 aromatic heterocycles. The van der Waals surface area contributed by atoms with Gasteiger partial charge in [-0.25, -0.2) is 9.37 Å². The Morgan fingerprint density at radius 2 is 2.00 bits per heavy atom. The standard InChI is InChI=1S/C21H24FN7O.ClH/c1-14(15-4-6-16(22)7-5-15)25-21-27-18(26-19-12-23-8-9-24-19)11-20(28-21)29-10-2-3-17(29)13-30;/h4-9,11-12,14,17,30H,2-3,10,13H2,1H3,(H2,24,25,26,27,28);1H/t14-,17+;/m0./s1. The first-order chi connectivity index (χ1) is 14.6. The summed E-state index contributed by atoms with van der Waals surface area (Å²) < 4.78 is 13.2. The van der Waals surface area contributed by atoms with Gasteiger partial charge in [-0.05, 0) is 37.5 Å². The van der Waals surface area contributed by atoms with Crippen LogP contribution < -0.4 is 15.5 Å². The van der Waals surface area contributed by atoms with Gasteiger partial charge in [0.1, 0.15) is 23.3 Å². The minimum absolute atomic E-state index is 0. The zero-order chi connectivity index (χ0) is 20.9. The smallest absolute Gasteiger partial charge is 0.227 e. The van der Waals surface area contributed by atoms with E-state index in [0.717, 1.165) is 30.8 Å². The molecule has 10 heteroatoms. The molecule has 31 heavy (non-hydrogen) atoms. The largest absolute Gasteiger partial charge is 0.394 e. The molecule has 1 fully saturated rings. The van der Waals surface area contributed by atoms with Crippen molar-refractivity contribution in [1.82, 2.24) is 19.9 Å². The van der Waals surface area contributed by atoms with Crippen LogP contribution in [0.3, 0.4) is 0 Å². The lowest BCUT2D eigenvalue weighted by molar-refractivity contribution is 0.266. The molecule has 0 amide bonds. The van der Waals surface area contributed by atoms with Gasteiger partial charge in [0, 0.05) is 25.0 Å². The maximum Gasteiger partial charge on any atom is 0.227 e. The van der Waals surface area contributed by atoms with Crippen LogP contribution in [0.4, 0.5) is 27.8 Å². The highest BCUT2D eigenvalue weighted by molar-refractivity contribution is 5.85. The number of aliphatic hydroxyl groups is 1. The lowest BCUT2D eigenvalue weighted by atomic mass is 10.1. The van der Waals surface area contributed by atoms with Crippen LogP contribution in [0, 0.1) is 5.82 Å². The second-order valence-corrected chi connectivity index (χ2v) is 7.24. The highest BCUT2D eigenvalue weighted by Crippen LogP contribution is 2.28. The Labute approximate surface area is 186 Å². The van der Waals surface area contributed by atoms with Crippen molar-refractivity contribution in [2.75, 3.05) is 28.7 Å². The molecule has 1 aliphatic heterocycles. The Kier molecular flexibility index (Phi) is 7.54. The third-order valence-corrected chi connectivity index (χ3v) is 5.13. The van der Waals surface area contributed by atoms with Crippen LogP contribution in [0.5, 0.6) is 0 Å². The van der Waals surface area contributed by atoms with Crippen LogP contribution in [0.25, 0.3) is 0 Å². The molecule has 0 saturated carbocycles. The van der Waals surface area contributed by atoms with E-state index in [4.69, 9.17) is 0 Å². The summed E-state index contributed by atoms with van der Waals surface area (Å²) in [7, 11) is 0. The Morgan fingerprint density at radius 3 is 2.71 bits per heavy atom. The monoisotopic (exact) mass is 445 g/mol. The van der Waals surface area contributed by atoms with E-state index in [1.54, 1.807) is 30.7 Å². The molecule has 1 saturated heterocycles. The SMILES string of the molecule is C[C@H](Nc1nc(Nc2cnccn2)cc(N2CCC[C@@H]2CO)n1)c1ccc(F)cc1.Cl. The van der Waals surface area contributed by atoms with Crippen molar-refractivity contribution < 1.29 is 9.50 Å². The molecular formula is C21H25ClFN7O. The topological polar surface area (TPSA) is 99.1 Å². The van der Waals surface area contributed by atoms with Crippen LogP contribution in [-0.4, -0.2) is 44.2 Å². The van der Waals surface area contributed by atoms with Crippen molar-refractivity contribution in [3.8, 4) is 0 Å². The molecule has 0 bridgehead atoms. The summed E-state index contributed by atoms with van der Waals surface area (Å²) in [4.78, 5) is 19.6. The number of rotatable bonds is 7. The molecule has 0 aliphatic carbocycles. The molecule has 164 valence electrons. The number of nitrogens with one attached hydrogen (secondary N) is 2. The van der Waals surface area contributed by atoms with E-state index in [1.165, 1.54) is 12.1 Å². The normalized spacial score (nSPS) is 16.5. The van der Waals surface area contributed by atoms with E-state index < -0.39 is 0 Å². The van der Waals surface area contributed by atoms with E-state index >= 15 is 0 Å². The van der Waals surface area contributed by atoms with Gasteiger partial charge < -0.3 is 20.6 Å². The molecule has 3 heterocycles. The van der Waals surface area contributed by atoms with Crippen molar-refractivity contribution in [3.05, 3.63) is 60.3 Å². The van der Waals surface area contributed by atoms with Crippen LogP contribution in [0.15, 0.2) is 48.9 Å². The summed E-state index contributed by atoms with van der Waals surface area (Å²) in [5.41, 5.74) is 0.920. The van der Waals surface area contributed by atoms with Crippen molar-refractivity contribution in [2.45, 2.75) is 31.8 Å². The first kappa shape index (κ1) is 22.6. The maximum atomic E-state index is 13.2. The number of hydrogen-bond donors (Lipinski definition) is 3. The van der Waals surface area contributed by atoms with Gasteiger partial charge in [0.15, 0.2) is 0 Å². The zero-order valence-corrected chi connectivity index (χ0v) is 17.9. The van der Waals surface area contributed by atoms with Gasteiger partial charge in [-0.3, -0.25) is 4.98 Å². The molecule has 0 spiro atoms. The fraction of sp³-hybridized carbons (Fsp3) is 0.333. The fourth-order valence-corrected chi connectivity index (χ4v) is 3.56. The Balaban J connectivity index is 0.00000272. The van der Waals surface area contributed by atoms with Crippen molar-refractivity contribution >= 4 is 35.8 Å². The summed E-state index contributed by atoms with van der Waals surface area (Å²) in [6.45, 7) is 2.86. The van der Waals surface area contributed by atoms with Gasteiger partial charge in [-0.15, -0.1) is 12.4 Å². The minimum Gasteiger partial charge on any atom is -0.394 e. The summed E-state index contributed by atoms with van der Waals surface area (Å²) in [6, 6.07) is 8.08. The lowest BCUT2D eigenvalue weighted by Crippen LogP contribution is -2.33. The van der Waals surface area contributed by atoms with E-state index in [9.17, 15) is 9.50 Å². The summed E-state index contributed by atoms with van der Waals surface area (Å²) in [6.07, 6.45) is 6.73. The summed E-state index contributed by atoms with van der Waals surface area (Å²) in [5, 5.41) is 16.2. The fourth-order valence-electron chi connectivity index (χ4n) is 3.56. The number of aliphatic hydroxyl groups excluding tert-OH is 1. The number of benzene rings is 1. The lowest BCUT2D eigenvalue weighted by Gasteiger charge is -2.25. The van der Waals surface area contributed by atoms with Gasteiger partial charge >= 0.3 is 0 Å². The molecule has 1 aromatic carbocycles. The average molecular weight is 446 g/mol. The molecular weight excluding hydrogens is 421 g/mol. The molecule has 1 aliphatic rings. The van der Waals surface area contributed by atoms with Crippen LogP contribution >= 0.6 is 12.4 Å². The van der Waals surface area contributed by atoms with Crippen molar-refractivity contribution in [1.29, 1.82) is 0 Å². The van der Waals surface area contributed by atoms with Gasteiger partial charge in [0.25, 0.3) is 0 Å². The molecule has 4 rings (SSSR count). The number of halogens is 2. The molecule has 0 radical (unpaired) electrons. The van der Waals surface area contributed by atoms with E-state index in [1.807, 2.05) is 13.0 Å². The van der Waals surface area contributed by atoms with Crippen LogP contribution in [0.1, 0.15) is 31.4 Å².